The Balaban J connectivity index is 1.44. The van der Waals surface area contributed by atoms with E-state index in [0.717, 1.165) is 32.7 Å². The maximum absolute atomic E-state index is 5.91. The number of hydrogen-bond acceptors (Lipinski definition) is 4. The molecule has 0 spiro atoms. The molecule has 0 aliphatic carbocycles. The predicted octanol–water partition coefficient (Wildman–Crippen LogP) is 5.97. The summed E-state index contributed by atoms with van der Waals surface area (Å²) in [6, 6.07) is 21.8. The van der Waals surface area contributed by atoms with Gasteiger partial charge in [0.2, 0.25) is 6.79 Å². The molecule has 3 nitrogen and oxygen atoms in total. The van der Waals surface area contributed by atoms with Gasteiger partial charge in [0, 0.05) is 27.1 Å². The van der Waals surface area contributed by atoms with Gasteiger partial charge in [-0.3, -0.25) is 4.99 Å². The van der Waals surface area contributed by atoms with Crippen LogP contribution in [0.1, 0.15) is 5.56 Å². The van der Waals surface area contributed by atoms with Crippen molar-refractivity contribution >= 4 is 35.3 Å². The molecule has 3 aromatic carbocycles. The molecule has 25 heavy (non-hydrogen) atoms. The number of rotatable bonds is 4. The molecule has 3 aromatic rings. The third-order valence-corrected chi connectivity index (χ3v) is 4.92. The third-order valence-electron chi connectivity index (χ3n) is 3.65. The van der Waals surface area contributed by atoms with E-state index in [1.165, 1.54) is 4.90 Å². The molecule has 0 aromatic heterocycles. The molecule has 5 heteroatoms. The van der Waals surface area contributed by atoms with E-state index in [-0.39, 0.29) is 6.79 Å². The normalized spacial score (nSPS) is 12.7. The van der Waals surface area contributed by atoms with Crippen molar-refractivity contribution in [2.75, 3.05) is 6.79 Å². The molecular weight excluding hydrogens is 354 g/mol. The Labute approximate surface area is 155 Å². The Morgan fingerprint density at radius 3 is 2.28 bits per heavy atom. The Hall–Kier alpha value is -2.43. The molecular formula is C20H14ClNO2S. The quantitative estimate of drug-likeness (QED) is 0.532. The van der Waals surface area contributed by atoms with Gasteiger partial charge in [-0.2, -0.15) is 0 Å². The van der Waals surface area contributed by atoms with Crippen LogP contribution in [0.2, 0.25) is 5.02 Å². The zero-order valence-corrected chi connectivity index (χ0v) is 14.8. The summed E-state index contributed by atoms with van der Waals surface area (Å²) < 4.78 is 10.7. The van der Waals surface area contributed by atoms with E-state index >= 15 is 0 Å². The molecule has 0 atom stereocenters. The second-order valence-corrected chi connectivity index (χ2v) is 7.00. The van der Waals surface area contributed by atoms with Crippen LogP contribution in [-0.4, -0.2) is 13.0 Å². The standard InChI is InChI=1S/C20H14ClNO2S/c21-15-3-8-18(9-4-15)25-17-6-1-14(2-7-17)12-22-16-5-10-19-20(11-16)24-13-23-19/h1-12H,13H2. The zero-order chi connectivity index (χ0) is 17.1. The van der Waals surface area contributed by atoms with Crippen molar-refractivity contribution in [1.82, 2.24) is 0 Å². The van der Waals surface area contributed by atoms with Gasteiger partial charge in [-0.15, -0.1) is 0 Å². The summed E-state index contributed by atoms with van der Waals surface area (Å²) in [4.78, 5) is 6.82. The Morgan fingerprint density at radius 1 is 0.840 bits per heavy atom. The molecule has 4 rings (SSSR count). The molecule has 0 saturated heterocycles. The van der Waals surface area contributed by atoms with Crippen molar-refractivity contribution in [2.24, 2.45) is 4.99 Å². The molecule has 0 saturated carbocycles. The minimum absolute atomic E-state index is 0.273. The van der Waals surface area contributed by atoms with Crippen LogP contribution < -0.4 is 9.47 Å². The lowest BCUT2D eigenvalue weighted by Crippen LogP contribution is -1.92. The average molecular weight is 368 g/mol. The van der Waals surface area contributed by atoms with Gasteiger partial charge < -0.3 is 9.47 Å². The van der Waals surface area contributed by atoms with Crippen LogP contribution in [0.3, 0.4) is 0 Å². The van der Waals surface area contributed by atoms with E-state index in [2.05, 4.69) is 29.3 Å². The van der Waals surface area contributed by atoms with E-state index < -0.39 is 0 Å². The molecule has 0 N–H and O–H groups in total. The zero-order valence-electron chi connectivity index (χ0n) is 13.2. The minimum atomic E-state index is 0.273. The molecule has 0 fully saturated rings. The predicted molar refractivity (Wildman–Crippen MR) is 102 cm³/mol. The van der Waals surface area contributed by atoms with Gasteiger partial charge in [-0.1, -0.05) is 35.5 Å². The molecule has 0 radical (unpaired) electrons. The van der Waals surface area contributed by atoms with Gasteiger partial charge >= 0.3 is 0 Å². The van der Waals surface area contributed by atoms with Crippen LogP contribution in [0.15, 0.2) is 81.5 Å². The maximum Gasteiger partial charge on any atom is 0.231 e. The maximum atomic E-state index is 5.91. The molecule has 124 valence electrons. The lowest BCUT2D eigenvalue weighted by atomic mass is 10.2. The summed E-state index contributed by atoms with van der Waals surface area (Å²) in [7, 11) is 0. The summed E-state index contributed by atoms with van der Waals surface area (Å²) >= 11 is 7.61. The highest BCUT2D eigenvalue weighted by atomic mass is 35.5. The molecule has 1 aliphatic rings. The molecule has 1 heterocycles. The van der Waals surface area contributed by atoms with E-state index in [0.29, 0.717) is 0 Å². The SMILES string of the molecule is Clc1ccc(Sc2ccc(C=Nc3ccc4c(c3)OCO4)cc2)cc1. The third kappa shape index (κ3) is 3.98. The molecule has 0 unspecified atom stereocenters. The minimum Gasteiger partial charge on any atom is -0.454 e. The second kappa shape index (κ2) is 7.21. The topological polar surface area (TPSA) is 30.8 Å². The Morgan fingerprint density at radius 2 is 1.52 bits per heavy atom. The fourth-order valence-corrected chi connectivity index (χ4v) is 3.32. The van der Waals surface area contributed by atoms with Crippen molar-refractivity contribution in [3.63, 3.8) is 0 Å². The highest BCUT2D eigenvalue weighted by Gasteiger charge is 2.12. The van der Waals surface area contributed by atoms with E-state index in [1.54, 1.807) is 11.8 Å². The number of ether oxygens (including phenoxy) is 2. The van der Waals surface area contributed by atoms with Crippen LogP contribution in [0.4, 0.5) is 5.69 Å². The largest absolute Gasteiger partial charge is 0.454 e. The van der Waals surface area contributed by atoms with Gasteiger partial charge in [-0.05, 0) is 54.1 Å². The number of aliphatic imine (C=N–C) groups is 1. The van der Waals surface area contributed by atoms with Gasteiger partial charge in [0.1, 0.15) is 0 Å². The molecule has 1 aliphatic heterocycles. The monoisotopic (exact) mass is 367 g/mol. The number of nitrogens with zero attached hydrogens (tertiary/aromatic N) is 1. The van der Waals surface area contributed by atoms with Gasteiger partial charge in [0.05, 0.1) is 5.69 Å². The van der Waals surface area contributed by atoms with Crippen LogP contribution in [-0.2, 0) is 0 Å². The van der Waals surface area contributed by atoms with Gasteiger partial charge in [0.25, 0.3) is 0 Å². The molecule has 0 amide bonds. The number of fused-ring (bicyclic) bond motifs is 1. The van der Waals surface area contributed by atoms with E-state index in [9.17, 15) is 0 Å². The summed E-state index contributed by atoms with van der Waals surface area (Å²) in [6.07, 6.45) is 1.84. The van der Waals surface area contributed by atoms with Gasteiger partial charge in [0.15, 0.2) is 11.5 Å². The number of hydrogen-bond donors (Lipinski definition) is 0. The van der Waals surface area contributed by atoms with Crippen molar-refractivity contribution < 1.29 is 9.47 Å². The van der Waals surface area contributed by atoms with Crippen LogP contribution in [0, 0.1) is 0 Å². The van der Waals surface area contributed by atoms with Crippen molar-refractivity contribution in [1.29, 1.82) is 0 Å². The van der Waals surface area contributed by atoms with Crippen molar-refractivity contribution in [3.8, 4) is 11.5 Å². The number of benzene rings is 3. The lowest BCUT2D eigenvalue weighted by molar-refractivity contribution is 0.174. The van der Waals surface area contributed by atoms with Crippen LogP contribution in [0.5, 0.6) is 11.5 Å². The average Bonchev–Trinajstić information content (AvgIpc) is 3.11. The fourth-order valence-electron chi connectivity index (χ4n) is 2.38. The summed E-state index contributed by atoms with van der Waals surface area (Å²) in [5, 5.41) is 0.749. The fraction of sp³-hybridized carbons (Fsp3) is 0.0500. The lowest BCUT2D eigenvalue weighted by Gasteiger charge is -2.02. The first-order valence-electron chi connectivity index (χ1n) is 7.73. The van der Waals surface area contributed by atoms with Crippen molar-refractivity contribution in [2.45, 2.75) is 9.79 Å². The smallest absolute Gasteiger partial charge is 0.231 e. The first-order valence-corrected chi connectivity index (χ1v) is 8.93. The second-order valence-electron chi connectivity index (χ2n) is 5.42. The van der Waals surface area contributed by atoms with Crippen LogP contribution in [0.25, 0.3) is 0 Å². The molecule has 0 bridgehead atoms. The summed E-state index contributed by atoms with van der Waals surface area (Å²) in [5.41, 5.74) is 1.88. The summed E-state index contributed by atoms with van der Waals surface area (Å²) in [6.45, 7) is 0.273. The van der Waals surface area contributed by atoms with E-state index in [4.69, 9.17) is 21.1 Å². The number of halogens is 1. The summed E-state index contributed by atoms with van der Waals surface area (Å²) in [5.74, 6) is 1.51. The highest BCUT2D eigenvalue weighted by molar-refractivity contribution is 7.99. The highest BCUT2D eigenvalue weighted by Crippen LogP contribution is 2.35. The van der Waals surface area contributed by atoms with E-state index in [1.807, 2.05) is 48.7 Å². The van der Waals surface area contributed by atoms with Crippen LogP contribution >= 0.6 is 23.4 Å². The van der Waals surface area contributed by atoms with Gasteiger partial charge in [-0.25, -0.2) is 0 Å². The Kier molecular flexibility index (Phi) is 4.63. The first-order chi connectivity index (χ1) is 12.3. The van der Waals surface area contributed by atoms with Crippen molar-refractivity contribution in [3.05, 3.63) is 77.3 Å². The Bertz CT molecular complexity index is 908. The first kappa shape index (κ1) is 16.1.